The van der Waals surface area contributed by atoms with Gasteiger partial charge in [-0.15, -0.1) is 0 Å². The Kier molecular flexibility index (Phi) is 4.91. The average Bonchev–Trinajstić information content (AvgIpc) is 3.21. The summed E-state index contributed by atoms with van der Waals surface area (Å²) in [5.41, 5.74) is 8.73. The number of nitrogens with one attached hydrogen (secondary N) is 3. The first-order valence-corrected chi connectivity index (χ1v) is 11.8. The molecule has 2 saturated carbocycles. The summed E-state index contributed by atoms with van der Waals surface area (Å²) in [6, 6.07) is 4.71. The summed E-state index contributed by atoms with van der Waals surface area (Å²) in [4.78, 5) is 19.9. The third-order valence-electron chi connectivity index (χ3n) is 7.49. The number of hydrogen-bond donors (Lipinski definition) is 3. The molecule has 0 radical (unpaired) electrons. The molecule has 2 aliphatic heterocycles. The number of carbonyl (C=O) groups excluding carboxylic acids is 1. The van der Waals surface area contributed by atoms with Gasteiger partial charge in [0.05, 0.1) is 24.1 Å². The van der Waals surface area contributed by atoms with Crippen LogP contribution < -0.4 is 21.1 Å². The molecule has 0 bridgehead atoms. The van der Waals surface area contributed by atoms with Crippen LogP contribution in [0.15, 0.2) is 30.7 Å². The summed E-state index contributed by atoms with van der Waals surface area (Å²) in [7, 11) is 0. The van der Waals surface area contributed by atoms with Crippen LogP contribution in [0.2, 0.25) is 0 Å². The number of anilines is 2. The maximum absolute atomic E-state index is 13.1. The summed E-state index contributed by atoms with van der Waals surface area (Å²) in [6.45, 7) is 2.14. The number of carbonyl (C=O) groups is 1. The first-order chi connectivity index (χ1) is 15.2. The van der Waals surface area contributed by atoms with E-state index in [9.17, 15) is 4.79 Å². The number of hydrogen-bond acceptors (Lipinski definition) is 6. The zero-order valence-corrected chi connectivity index (χ0v) is 17.8. The first-order valence-electron chi connectivity index (χ1n) is 11.8. The molecule has 4 heterocycles. The fraction of sp³-hybridized carbons (Fsp3) is 0.609. The summed E-state index contributed by atoms with van der Waals surface area (Å²) in [6.07, 6.45) is 14.2. The molecule has 6 rings (SSSR count). The first kappa shape index (κ1) is 19.3. The molecule has 8 nitrogen and oxygen atoms in total. The van der Waals surface area contributed by atoms with E-state index < -0.39 is 0 Å². The van der Waals surface area contributed by atoms with E-state index in [1.807, 2.05) is 18.3 Å². The SMILES string of the molecule is O=C(Nc1ccc(N2CCCC2)nc1)C1NNC2CCC(c3cnn(C4CC4)c3)CC21. The average molecular weight is 422 g/mol. The molecule has 1 amide bonds. The van der Waals surface area contributed by atoms with Crippen LogP contribution in [0.4, 0.5) is 11.5 Å². The third-order valence-corrected chi connectivity index (χ3v) is 7.49. The number of pyridine rings is 1. The van der Waals surface area contributed by atoms with Crippen molar-refractivity contribution in [2.45, 2.75) is 69.0 Å². The highest BCUT2D eigenvalue weighted by Crippen LogP contribution is 2.41. The van der Waals surface area contributed by atoms with Crippen molar-refractivity contribution in [2.24, 2.45) is 5.92 Å². The van der Waals surface area contributed by atoms with Crippen molar-refractivity contribution in [2.75, 3.05) is 23.3 Å². The number of rotatable bonds is 5. The third kappa shape index (κ3) is 3.83. The van der Waals surface area contributed by atoms with Crippen LogP contribution in [0.1, 0.15) is 62.5 Å². The summed E-state index contributed by atoms with van der Waals surface area (Å²) < 4.78 is 2.13. The van der Waals surface area contributed by atoms with Crippen molar-refractivity contribution < 1.29 is 4.79 Å². The van der Waals surface area contributed by atoms with Gasteiger partial charge >= 0.3 is 0 Å². The quantitative estimate of drug-likeness (QED) is 0.688. The van der Waals surface area contributed by atoms with Gasteiger partial charge in [0.1, 0.15) is 11.9 Å². The largest absolute Gasteiger partial charge is 0.357 e. The number of hydrazine groups is 1. The normalized spacial score (nSPS) is 30.4. The van der Waals surface area contributed by atoms with Gasteiger partial charge in [0.2, 0.25) is 5.91 Å². The maximum Gasteiger partial charge on any atom is 0.243 e. The lowest BCUT2D eigenvalue weighted by Gasteiger charge is -2.32. The van der Waals surface area contributed by atoms with Gasteiger partial charge in [-0.1, -0.05) is 0 Å². The van der Waals surface area contributed by atoms with Crippen molar-refractivity contribution in [1.29, 1.82) is 0 Å². The maximum atomic E-state index is 13.1. The van der Waals surface area contributed by atoms with Gasteiger partial charge in [0.15, 0.2) is 0 Å². The summed E-state index contributed by atoms with van der Waals surface area (Å²) >= 11 is 0. The Morgan fingerprint density at radius 1 is 1.06 bits per heavy atom. The zero-order chi connectivity index (χ0) is 20.8. The predicted octanol–water partition coefficient (Wildman–Crippen LogP) is 2.58. The number of nitrogens with zero attached hydrogens (tertiary/aromatic N) is 4. The minimum absolute atomic E-state index is 0.0186. The van der Waals surface area contributed by atoms with Crippen LogP contribution in [0.3, 0.4) is 0 Å². The van der Waals surface area contributed by atoms with E-state index in [1.54, 1.807) is 6.20 Å². The van der Waals surface area contributed by atoms with Gasteiger partial charge in [-0.25, -0.2) is 10.4 Å². The Hall–Kier alpha value is -2.45. The van der Waals surface area contributed by atoms with Crippen molar-refractivity contribution >= 4 is 17.4 Å². The van der Waals surface area contributed by atoms with E-state index in [2.05, 4.69) is 42.0 Å². The molecule has 4 atom stereocenters. The molecule has 2 saturated heterocycles. The second-order valence-electron chi connectivity index (χ2n) is 9.62. The number of aromatic nitrogens is 3. The second-order valence-corrected chi connectivity index (χ2v) is 9.62. The van der Waals surface area contributed by atoms with Crippen LogP contribution in [-0.4, -0.2) is 45.8 Å². The lowest BCUT2D eigenvalue weighted by atomic mass is 9.74. The van der Waals surface area contributed by atoms with E-state index in [4.69, 9.17) is 0 Å². The highest BCUT2D eigenvalue weighted by atomic mass is 16.2. The van der Waals surface area contributed by atoms with Crippen molar-refractivity contribution in [1.82, 2.24) is 25.6 Å². The molecular weight excluding hydrogens is 390 g/mol. The van der Waals surface area contributed by atoms with Crippen molar-refractivity contribution in [3.05, 3.63) is 36.3 Å². The highest BCUT2D eigenvalue weighted by molar-refractivity contribution is 5.95. The van der Waals surface area contributed by atoms with Gasteiger partial charge < -0.3 is 10.2 Å². The molecule has 4 fully saturated rings. The minimum atomic E-state index is -0.232. The Labute approximate surface area is 182 Å². The summed E-state index contributed by atoms with van der Waals surface area (Å²) in [5, 5.41) is 7.66. The molecule has 3 N–H and O–H groups in total. The molecule has 8 heteroatoms. The fourth-order valence-electron chi connectivity index (χ4n) is 5.54. The second kappa shape index (κ2) is 7.91. The van der Waals surface area contributed by atoms with Crippen molar-refractivity contribution in [3.8, 4) is 0 Å². The van der Waals surface area contributed by atoms with E-state index >= 15 is 0 Å². The molecule has 0 aromatic carbocycles. The summed E-state index contributed by atoms with van der Waals surface area (Å²) in [5.74, 6) is 1.77. The van der Waals surface area contributed by atoms with Crippen molar-refractivity contribution in [3.63, 3.8) is 0 Å². The molecule has 2 aromatic rings. The molecule has 4 aliphatic rings. The molecule has 31 heavy (non-hydrogen) atoms. The highest BCUT2D eigenvalue weighted by Gasteiger charge is 2.44. The van der Waals surface area contributed by atoms with Gasteiger partial charge in [-0.05, 0) is 68.6 Å². The fourth-order valence-corrected chi connectivity index (χ4v) is 5.54. The molecule has 2 aliphatic carbocycles. The lowest BCUT2D eigenvalue weighted by molar-refractivity contribution is -0.119. The minimum Gasteiger partial charge on any atom is -0.357 e. The Morgan fingerprint density at radius 3 is 2.71 bits per heavy atom. The van der Waals surface area contributed by atoms with Crippen LogP contribution in [0, 0.1) is 5.92 Å². The van der Waals surface area contributed by atoms with Gasteiger partial charge in [-0.3, -0.25) is 14.9 Å². The topological polar surface area (TPSA) is 87.1 Å². The zero-order valence-electron chi connectivity index (χ0n) is 17.8. The Bertz CT molecular complexity index is 932. The smallest absolute Gasteiger partial charge is 0.243 e. The Balaban J connectivity index is 1.10. The van der Waals surface area contributed by atoms with Gasteiger partial charge in [-0.2, -0.15) is 5.10 Å². The molecule has 4 unspecified atom stereocenters. The van der Waals surface area contributed by atoms with Crippen LogP contribution in [0.25, 0.3) is 0 Å². The Morgan fingerprint density at radius 2 is 1.94 bits per heavy atom. The molecule has 0 spiro atoms. The van der Waals surface area contributed by atoms with E-state index in [-0.39, 0.29) is 17.9 Å². The predicted molar refractivity (Wildman–Crippen MR) is 119 cm³/mol. The monoisotopic (exact) mass is 421 g/mol. The van der Waals surface area contributed by atoms with E-state index in [1.165, 1.54) is 31.2 Å². The van der Waals surface area contributed by atoms with Gasteiger partial charge in [0.25, 0.3) is 0 Å². The molecular formula is C23H31N7O. The van der Waals surface area contributed by atoms with E-state index in [0.29, 0.717) is 18.0 Å². The number of fused-ring (bicyclic) bond motifs is 1. The van der Waals surface area contributed by atoms with Gasteiger partial charge in [0, 0.05) is 31.2 Å². The standard InChI is InChI=1S/C23H31N7O/c31-23(26-17-4-8-21(24-13-17)29-9-1-2-10-29)22-19-11-15(3-7-20(19)27-28-22)16-12-25-30(14-16)18-5-6-18/h4,8,12-15,18-20,22,27-28H,1-3,5-7,9-11H2,(H,26,31). The lowest BCUT2D eigenvalue weighted by Crippen LogP contribution is -2.42. The van der Waals surface area contributed by atoms with E-state index in [0.717, 1.165) is 43.9 Å². The number of amides is 1. The van der Waals surface area contributed by atoms with Crippen LogP contribution in [-0.2, 0) is 4.79 Å². The molecule has 2 aromatic heterocycles. The molecule has 164 valence electrons. The van der Waals surface area contributed by atoms with Crippen LogP contribution >= 0.6 is 0 Å². The van der Waals surface area contributed by atoms with Crippen LogP contribution in [0.5, 0.6) is 0 Å².